The van der Waals surface area contributed by atoms with Gasteiger partial charge in [-0.1, -0.05) is 13.0 Å². The molecule has 1 aromatic carbocycles. The molecule has 0 bridgehead atoms. The average molecular weight is 277 g/mol. The number of carbonyl (C=O) groups is 1. The highest BCUT2D eigenvalue weighted by atomic mass is 32.1. The normalized spacial score (nSPS) is 10.4. The highest BCUT2D eigenvalue weighted by Crippen LogP contribution is 2.31. The van der Waals surface area contributed by atoms with Crippen LogP contribution >= 0.6 is 11.3 Å². The molecule has 1 heterocycles. The van der Waals surface area contributed by atoms with E-state index in [4.69, 9.17) is 10.8 Å². The summed E-state index contributed by atoms with van der Waals surface area (Å²) in [6, 6.07) is 4.80. The topological polar surface area (TPSA) is 88.2 Å². The van der Waals surface area contributed by atoms with E-state index < -0.39 is 5.97 Å². The minimum Gasteiger partial charge on any atom is -0.478 e. The second kappa shape index (κ2) is 5.27. The summed E-state index contributed by atoms with van der Waals surface area (Å²) >= 11 is 1.49. The van der Waals surface area contributed by atoms with E-state index in [1.807, 2.05) is 13.8 Å². The minimum atomic E-state index is -1.02. The third kappa shape index (κ3) is 2.68. The van der Waals surface area contributed by atoms with Crippen LogP contribution in [0.5, 0.6) is 0 Å². The summed E-state index contributed by atoms with van der Waals surface area (Å²) in [5.41, 5.74) is 7.78. The van der Waals surface area contributed by atoms with Gasteiger partial charge in [0.15, 0.2) is 5.13 Å². The number of para-hydroxylation sites is 1. The fourth-order valence-electron chi connectivity index (χ4n) is 1.80. The van der Waals surface area contributed by atoms with Gasteiger partial charge in [-0.25, -0.2) is 9.78 Å². The highest BCUT2D eigenvalue weighted by molar-refractivity contribution is 7.15. The monoisotopic (exact) mass is 277 g/mol. The van der Waals surface area contributed by atoms with Gasteiger partial charge in [-0.2, -0.15) is 0 Å². The summed E-state index contributed by atoms with van der Waals surface area (Å²) in [5, 5.41) is 12.8. The zero-order valence-corrected chi connectivity index (χ0v) is 11.5. The fourth-order valence-corrected chi connectivity index (χ4v) is 2.71. The predicted octanol–water partition coefficient (Wildman–Crippen LogP) is 3.04. The lowest BCUT2D eigenvalue weighted by Gasteiger charge is -2.09. The molecule has 0 aliphatic rings. The van der Waals surface area contributed by atoms with Crippen LogP contribution in [0, 0.1) is 6.92 Å². The quantitative estimate of drug-likeness (QED) is 0.747. The van der Waals surface area contributed by atoms with Crippen LogP contribution in [0.15, 0.2) is 18.2 Å². The smallest absolute Gasteiger partial charge is 0.337 e. The van der Waals surface area contributed by atoms with Crippen molar-refractivity contribution in [3.8, 4) is 0 Å². The van der Waals surface area contributed by atoms with E-state index in [9.17, 15) is 4.79 Å². The molecular formula is C13H15N3O2S. The number of nitrogens with two attached hydrogens (primary N) is 1. The number of nitrogen functional groups attached to an aromatic ring is 1. The number of aryl methyl sites for hydroxylation is 2. The zero-order chi connectivity index (χ0) is 14.0. The Hall–Kier alpha value is -2.08. The van der Waals surface area contributed by atoms with E-state index in [0.29, 0.717) is 16.5 Å². The molecule has 0 aliphatic carbocycles. The Morgan fingerprint density at radius 2 is 2.26 bits per heavy atom. The van der Waals surface area contributed by atoms with Crippen molar-refractivity contribution in [1.29, 1.82) is 0 Å². The Morgan fingerprint density at radius 3 is 2.84 bits per heavy atom. The number of rotatable bonds is 4. The molecule has 0 saturated heterocycles. The molecule has 0 saturated carbocycles. The number of thiazole rings is 1. The number of carboxylic acids is 1. The molecule has 4 N–H and O–H groups in total. The Labute approximate surface area is 115 Å². The van der Waals surface area contributed by atoms with Gasteiger partial charge in [0.1, 0.15) is 0 Å². The summed E-state index contributed by atoms with van der Waals surface area (Å²) in [4.78, 5) is 16.7. The first-order valence-electron chi connectivity index (χ1n) is 5.88. The van der Waals surface area contributed by atoms with Crippen molar-refractivity contribution in [3.63, 3.8) is 0 Å². The summed E-state index contributed by atoms with van der Waals surface area (Å²) < 4.78 is 0. The first kappa shape index (κ1) is 13.4. The van der Waals surface area contributed by atoms with E-state index in [1.165, 1.54) is 17.4 Å². The molecule has 19 heavy (non-hydrogen) atoms. The van der Waals surface area contributed by atoms with Gasteiger partial charge in [0.05, 0.1) is 22.6 Å². The number of hydrogen-bond donors (Lipinski definition) is 3. The van der Waals surface area contributed by atoms with Gasteiger partial charge >= 0.3 is 5.97 Å². The van der Waals surface area contributed by atoms with Gasteiger partial charge in [0, 0.05) is 4.88 Å². The fraction of sp³-hybridized carbons (Fsp3) is 0.231. The van der Waals surface area contributed by atoms with Gasteiger partial charge in [-0.3, -0.25) is 0 Å². The SMILES string of the molecule is CCc1nc(Nc2c(N)cccc2C(=O)O)sc1C. The molecule has 2 rings (SSSR count). The van der Waals surface area contributed by atoms with Crippen LogP contribution in [0.1, 0.15) is 27.9 Å². The van der Waals surface area contributed by atoms with E-state index >= 15 is 0 Å². The molecule has 1 aromatic heterocycles. The molecule has 0 aliphatic heterocycles. The summed E-state index contributed by atoms with van der Waals surface area (Å²) in [7, 11) is 0. The Kier molecular flexibility index (Phi) is 3.71. The van der Waals surface area contributed by atoms with E-state index in [2.05, 4.69) is 10.3 Å². The second-order valence-corrected chi connectivity index (χ2v) is 5.28. The maximum absolute atomic E-state index is 11.2. The van der Waals surface area contributed by atoms with Crippen molar-refractivity contribution in [2.45, 2.75) is 20.3 Å². The van der Waals surface area contributed by atoms with Crippen molar-refractivity contribution < 1.29 is 9.90 Å². The number of aromatic carboxylic acids is 1. The van der Waals surface area contributed by atoms with Crippen LogP contribution in [0.4, 0.5) is 16.5 Å². The number of nitrogens with zero attached hydrogens (tertiary/aromatic N) is 1. The molecule has 0 radical (unpaired) electrons. The van der Waals surface area contributed by atoms with Gasteiger partial charge in [-0.15, -0.1) is 11.3 Å². The number of carboxylic acid groups (broad SMARTS) is 1. The van der Waals surface area contributed by atoms with Gasteiger partial charge in [0.25, 0.3) is 0 Å². The van der Waals surface area contributed by atoms with E-state index in [1.54, 1.807) is 12.1 Å². The molecular weight excluding hydrogens is 262 g/mol. The van der Waals surface area contributed by atoms with E-state index in [0.717, 1.165) is 17.0 Å². The van der Waals surface area contributed by atoms with Crippen LogP contribution in [0.3, 0.4) is 0 Å². The molecule has 0 fully saturated rings. The minimum absolute atomic E-state index is 0.144. The number of aromatic nitrogens is 1. The Balaban J connectivity index is 2.39. The van der Waals surface area contributed by atoms with Crippen molar-refractivity contribution in [2.75, 3.05) is 11.1 Å². The molecule has 5 nitrogen and oxygen atoms in total. The number of anilines is 3. The van der Waals surface area contributed by atoms with Crippen molar-refractivity contribution in [1.82, 2.24) is 4.98 Å². The Bertz CT molecular complexity index is 622. The lowest BCUT2D eigenvalue weighted by molar-refractivity contribution is 0.0698. The predicted molar refractivity (Wildman–Crippen MR) is 77.3 cm³/mol. The zero-order valence-electron chi connectivity index (χ0n) is 10.7. The van der Waals surface area contributed by atoms with Crippen LogP contribution < -0.4 is 11.1 Å². The molecule has 6 heteroatoms. The second-order valence-electron chi connectivity index (χ2n) is 4.08. The van der Waals surface area contributed by atoms with Crippen LogP contribution in [0.25, 0.3) is 0 Å². The number of hydrogen-bond acceptors (Lipinski definition) is 5. The van der Waals surface area contributed by atoms with Crippen LogP contribution in [0.2, 0.25) is 0 Å². The molecule has 0 amide bonds. The van der Waals surface area contributed by atoms with Crippen molar-refractivity contribution >= 4 is 33.8 Å². The third-order valence-corrected chi connectivity index (χ3v) is 3.72. The van der Waals surface area contributed by atoms with Crippen molar-refractivity contribution in [2.24, 2.45) is 0 Å². The molecule has 2 aromatic rings. The first-order chi connectivity index (χ1) is 9.02. The molecule has 0 atom stereocenters. The summed E-state index contributed by atoms with van der Waals surface area (Å²) in [6.45, 7) is 4.03. The molecule has 100 valence electrons. The van der Waals surface area contributed by atoms with Crippen LogP contribution in [-0.2, 0) is 6.42 Å². The maximum atomic E-state index is 11.2. The summed E-state index contributed by atoms with van der Waals surface area (Å²) in [5.74, 6) is -1.02. The van der Waals surface area contributed by atoms with E-state index in [-0.39, 0.29) is 5.56 Å². The third-order valence-electron chi connectivity index (χ3n) is 2.79. The van der Waals surface area contributed by atoms with Crippen molar-refractivity contribution in [3.05, 3.63) is 34.3 Å². The van der Waals surface area contributed by atoms with Crippen LogP contribution in [-0.4, -0.2) is 16.1 Å². The summed E-state index contributed by atoms with van der Waals surface area (Å²) in [6.07, 6.45) is 0.847. The molecule has 0 unspecified atom stereocenters. The number of nitrogens with one attached hydrogen (secondary N) is 1. The standard InChI is InChI=1S/C13H15N3O2S/c1-3-10-7(2)19-13(15-10)16-11-8(12(17)18)5-4-6-9(11)14/h4-6H,3,14H2,1-2H3,(H,15,16)(H,17,18). The largest absolute Gasteiger partial charge is 0.478 e. The molecule has 0 spiro atoms. The maximum Gasteiger partial charge on any atom is 0.337 e. The van der Waals surface area contributed by atoms with Gasteiger partial charge in [0.2, 0.25) is 0 Å². The Morgan fingerprint density at radius 1 is 1.53 bits per heavy atom. The average Bonchev–Trinajstić information content (AvgIpc) is 2.71. The number of benzene rings is 1. The lowest BCUT2D eigenvalue weighted by atomic mass is 10.1. The first-order valence-corrected chi connectivity index (χ1v) is 6.69. The lowest BCUT2D eigenvalue weighted by Crippen LogP contribution is -2.05. The van der Waals surface area contributed by atoms with Gasteiger partial charge < -0.3 is 16.2 Å². The highest BCUT2D eigenvalue weighted by Gasteiger charge is 2.14. The van der Waals surface area contributed by atoms with Gasteiger partial charge in [-0.05, 0) is 25.5 Å².